The van der Waals surface area contributed by atoms with Crippen LogP contribution >= 0.6 is 0 Å². The minimum Gasteiger partial charge on any atom is -0.481 e. The molecule has 0 aliphatic carbocycles. The van der Waals surface area contributed by atoms with Crippen LogP contribution in [0.3, 0.4) is 0 Å². The van der Waals surface area contributed by atoms with Gasteiger partial charge in [0.1, 0.15) is 6.04 Å². The lowest BCUT2D eigenvalue weighted by Gasteiger charge is -2.20. The topological polar surface area (TPSA) is 83.6 Å². The Morgan fingerprint density at radius 1 is 1.33 bits per heavy atom. The van der Waals surface area contributed by atoms with Crippen LogP contribution in [-0.4, -0.2) is 35.5 Å². The van der Waals surface area contributed by atoms with Gasteiger partial charge in [0.25, 0.3) is 0 Å². The van der Waals surface area contributed by atoms with Crippen LogP contribution < -0.4 is 5.73 Å². The normalized spacial score (nSPS) is 11.9. The molecule has 1 rings (SSSR count). The van der Waals surface area contributed by atoms with E-state index in [0.29, 0.717) is 0 Å². The Balaban J connectivity index is 2.65. The maximum Gasteiger partial charge on any atom is 0.305 e. The van der Waals surface area contributed by atoms with Crippen molar-refractivity contribution in [3.05, 3.63) is 35.4 Å². The highest BCUT2D eigenvalue weighted by Gasteiger charge is 2.19. The van der Waals surface area contributed by atoms with Crippen LogP contribution in [0.2, 0.25) is 0 Å². The smallest absolute Gasteiger partial charge is 0.305 e. The second-order valence-electron chi connectivity index (χ2n) is 4.29. The number of carboxylic acid groups (broad SMARTS) is 1. The molecule has 18 heavy (non-hydrogen) atoms. The fourth-order valence-electron chi connectivity index (χ4n) is 1.53. The third-order valence-electron chi connectivity index (χ3n) is 2.74. The number of carboxylic acids is 1. The summed E-state index contributed by atoms with van der Waals surface area (Å²) in [6.07, 6.45) is -0.0805. The van der Waals surface area contributed by atoms with Crippen molar-refractivity contribution >= 4 is 11.9 Å². The van der Waals surface area contributed by atoms with E-state index >= 15 is 0 Å². The predicted molar refractivity (Wildman–Crippen MR) is 68.0 cm³/mol. The van der Waals surface area contributed by atoms with Crippen molar-refractivity contribution in [3.63, 3.8) is 0 Å². The average molecular weight is 250 g/mol. The molecule has 0 heterocycles. The zero-order chi connectivity index (χ0) is 13.7. The molecule has 0 aliphatic heterocycles. The number of amides is 1. The summed E-state index contributed by atoms with van der Waals surface area (Å²) in [5.41, 5.74) is 7.68. The maximum absolute atomic E-state index is 11.9. The Labute approximate surface area is 106 Å². The molecule has 1 atom stereocenters. The van der Waals surface area contributed by atoms with Gasteiger partial charge in [-0.15, -0.1) is 0 Å². The second-order valence-corrected chi connectivity index (χ2v) is 4.29. The maximum atomic E-state index is 11.9. The lowest BCUT2D eigenvalue weighted by molar-refractivity contribution is -0.138. The summed E-state index contributed by atoms with van der Waals surface area (Å²) in [4.78, 5) is 23.7. The summed E-state index contributed by atoms with van der Waals surface area (Å²) in [5, 5.41) is 8.56. The number of aryl methyl sites for hydroxylation is 1. The van der Waals surface area contributed by atoms with E-state index in [9.17, 15) is 9.59 Å². The summed E-state index contributed by atoms with van der Waals surface area (Å²) in [5.74, 6) is -1.21. The molecule has 1 aromatic carbocycles. The number of aliphatic carboxylic acids is 1. The van der Waals surface area contributed by atoms with Crippen LogP contribution in [-0.2, 0) is 9.59 Å². The highest BCUT2D eigenvalue weighted by Crippen LogP contribution is 2.13. The van der Waals surface area contributed by atoms with Gasteiger partial charge < -0.3 is 15.7 Å². The molecule has 5 heteroatoms. The van der Waals surface area contributed by atoms with Gasteiger partial charge in [-0.1, -0.05) is 29.8 Å². The molecule has 1 unspecified atom stereocenters. The van der Waals surface area contributed by atoms with Crippen molar-refractivity contribution in [1.82, 2.24) is 4.90 Å². The first kappa shape index (κ1) is 14.2. The molecule has 1 aromatic rings. The standard InChI is InChI=1S/C13H18N2O3/c1-9-3-5-10(6-4-9)12(14)13(18)15(2)8-7-11(16)17/h3-6,12H,7-8,14H2,1-2H3,(H,16,17). The summed E-state index contributed by atoms with van der Waals surface area (Å²) >= 11 is 0. The molecular weight excluding hydrogens is 232 g/mol. The highest BCUT2D eigenvalue weighted by molar-refractivity contribution is 5.83. The fourth-order valence-corrected chi connectivity index (χ4v) is 1.53. The quantitative estimate of drug-likeness (QED) is 0.814. The molecule has 1 amide bonds. The first-order valence-corrected chi connectivity index (χ1v) is 5.70. The number of hydrogen-bond donors (Lipinski definition) is 2. The zero-order valence-electron chi connectivity index (χ0n) is 10.6. The molecule has 0 fully saturated rings. The third-order valence-corrected chi connectivity index (χ3v) is 2.74. The Morgan fingerprint density at radius 3 is 2.39 bits per heavy atom. The SMILES string of the molecule is Cc1ccc(C(N)C(=O)N(C)CCC(=O)O)cc1. The van der Waals surface area contributed by atoms with E-state index in [2.05, 4.69) is 0 Å². The molecule has 0 bridgehead atoms. The number of carbonyl (C=O) groups excluding carboxylic acids is 1. The van der Waals surface area contributed by atoms with Crippen LogP contribution in [0.25, 0.3) is 0 Å². The number of nitrogens with two attached hydrogens (primary N) is 1. The molecule has 0 aliphatic rings. The van der Waals surface area contributed by atoms with Gasteiger partial charge in [0, 0.05) is 13.6 Å². The summed E-state index contributed by atoms with van der Waals surface area (Å²) in [6.45, 7) is 2.11. The number of likely N-dealkylation sites (N-methyl/N-ethyl adjacent to an activating group) is 1. The van der Waals surface area contributed by atoms with Crippen molar-refractivity contribution in [2.24, 2.45) is 5.73 Å². The van der Waals surface area contributed by atoms with Gasteiger partial charge in [0.2, 0.25) is 5.91 Å². The van der Waals surface area contributed by atoms with Crippen molar-refractivity contribution in [2.45, 2.75) is 19.4 Å². The molecule has 0 radical (unpaired) electrons. The third kappa shape index (κ3) is 3.85. The number of nitrogens with zero attached hydrogens (tertiary/aromatic N) is 1. The average Bonchev–Trinajstić information content (AvgIpc) is 2.35. The zero-order valence-corrected chi connectivity index (χ0v) is 10.6. The summed E-state index contributed by atoms with van der Waals surface area (Å²) in [7, 11) is 1.55. The van der Waals surface area contributed by atoms with E-state index in [0.717, 1.165) is 11.1 Å². The van der Waals surface area contributed by atoms with Gasteiger partial charge in [-0.2, -0.15) is 0 Å². The van der Waals surface area contributed by atoms with E-state index in [1.807, 2.05) is 31.2 Å². The van der Waals surface area contributed by atoms with Gasteiger partial charge in [-0.25, -0.2) is 0 Å². The minimum absolute atomic E-state index is 0.0805. The van der Waals surface area contributed by atoms with Gasteiger partial charge in [0.15, 0.2) is 0 Å². The predicted octanol–water partition coefficient (Wildman–Crippen LogP) is 0.928. The monoisotopic (exact) mass is 250 g/mol. The Kier molecular flexibility index (Phi) is 4.85. The molecule has 5 nitrogen and oxygen atoms in total. The van der Waals surface area contributed by atoms with Gasteiger partial charge >= 0.3 is 5.97 Å². The van der Waals surface area contributed by atoms with Crippen molar-refractivity contribution in [3.8, 4) is 0 Å². The molecule has 0 aromatic heterocycles. The van der Waals surface area contributed by atoms with Crippen LogP contribution in [0.4, 0.5) is 0 Å². The van der Waals surface area contributed by atoms with Gasteiger partial charge in [-0.05, 0) is 12.5 Å². The number of rotatable bonds is 5. The van der Waals surface area contributed by atoms with E-state index in [1.54, 1.807) is 7.05 Å². The molecular formula is C13H18N2O3. The van der Waals surface area contributed by atoms with Crippen molar-refractivity contribution < 1.29 is 14.7 Å². The van der Waals surface area contributed by atoms with Crippen molar-refractivity contribution in [2.75, 3.05) is 13.6 Å². The molecule has 0 saturated heterocycles. The first-order valence-electron chi connectivity index (χ1n) is 5.70. The van der Waals surface area contributed by atoms with Crippen molar-refractivity contribution in [1.29, 1.82) is 0 Å². The molecule has 0 saturated carbocycles. The number of benzene rings is 1. The van der Waals surface area contributed by atoms with Gasteiger partial charge in [-0.3, -0.25) is 9.59 Å². The Bertz CT molecular complexity index is 428. The van der Waals surface area contributed by atoms with E-state index in [4.69, 9.17) is 10.8 Å². The largest absolute Gasteiger partial charge is 0.481 e. The first-order chi connectivity index (χ1) is 8.41. The van der Waals surface area contributed by atoms with Crippen LogP contribution in [0.1, 0.15) is 23.6 Å². The molecule has 3 N–H and O–H groups in total. The number of hydrogen-bond acceptors (Lipinski definition) is 3. The second kappa shape index (κ2) is 6.16. The van der Waals surface area contributed by atoms with E-state index < -0.39 is 12.0 Å². The van der Waals surface area contributed by atoms with E-state index in [-0.39, 0.29) is 18.9 Å². The van der Waals surface area contributed by atoms with Crippen LogP contribution in [0.15, 0.2) is 24.3 Å². The lowest BCUT2D eigenvalue weighted by Crippen LogP contribution is -2.37. The molecule has 0 spiro atoms. The fraction of sp³-hybridized carbons (Fsp3) is 0.385. The highest BCUT2D eigenvalue weighted by atomic mass is 16.4. The Hall–Kier alpha value is -1.88. The molecule has 98 valence electrons. The van der Waals surface area contributed by atoms with Gasteiger partial charge in [0.05, 0.1) is 6.42 Å². The Morgan fingerprint density at radius 2 is 1.89 bits per heavy atom. The van der Waals surface area contributed by atoms with Crippen LogP contribution in [0, 0.1) is 6.92 Å². The van der Waals surface area contributed by atoms with Crippen LogP contribution in [0.5, 0.6) is 0 Å². The number of carbonyl (C=O) groups is 2. The minimum atomic E-state index is -0.932. The summed E-state index contributed by atoms with van der Waals surface area (Å²) < 4.78 is 0. The van der Waals surface area contributed by atoms with E-state index in [1.165, 1.54) is 4.90 Å². The summed E-state index contributed by atoms with van der Waals surface area (Å²) in [6, 6.07) is 6.65. The lowest BCUT2D eigenvalue weighted by atomic mass is 10.0.